The number of rotatable bonds is 5. The molecule has 4 heteroatoms. The number of methoxy groups -OCH3 is 1. The standard InChI is InChI=1S/C15H19N3O/c1-12(13-5-4-6-15(9-13)19-3)18(2)11-14-10-16-7-8-17-14/h4-10,12H,11H2,1-3H3. The second-order valence-electron chi connectivity index (χ2n) is 4.56. The molecule has 2 aromatic rings. The van der Waals surface area contributed by atoms with Gasteiger partial charge in [0.25, 0.3) is 0 Å². The highest BCUT2D eigenvalue weighted by Gasteiger charge is 2.13. The molecule has 0 saturated heterocycles. The van der Waals surface area contributed by atoms with E-state index in [2.05, 4.69) is 41.0 Å². The van der Waals surface area contributed by atoms with Crippen LogP contribution in [0.1, 0.15) is 24.2 Å². The van der Waals surface area contributed by atoms with Crippen molar-refractivity contribution in [2.75, 3.05) is 14.2 Å². The van der Waals surface area contributed by atoms with E-state index in [1.165, 1.54) is 5.56 Å². The van der Waals surface area contributed by atoms with Gasteiger partial charge in [0.1, 0.15) is 5.75 Å². The average molecular weight is 257 g/mol. The Kier molecular flexibility index (Phi) is 4.47. The molecular formula is C15H19N3O. The molecule has 1 atom stereocenters. The van der Waals surface area contributed by atoms with Gasteiger partial charge >= 0.3 is 0 Å². The third-order valence-electron chi connectivity index (χ3n) is 3.27. The van der Waals surface area contributed by atoms with Gasteiger partial charge < -0.3 is 4.74 Å². The summed E-state index contributed by atoms with van der Waals surface area (Å²) in [4.78, 5) is 10.6. The zero-order chi connectivity index (χ0) is 13.7. The molecule has 19 heavy (non-hydrogen) atoms. The molecule has 0 amide bonds. The minimum absolute atomic E-state index is 0.289. The molecule has 1 heterocycles. The normalized spacial score (nSPS) is 12.4. The fraction of sp³-hybridized carbons (Fsp3) is 0.333. The Bertz CT molecular complexity index is 516. The van der Waals surface area contributed by atoms with E-state index in [9.17, 15) is 0 Å². The van der Waals surface area contributed by atoms with Crippen molar-refractivity contribution in [2.45, 2.75) is 19.5 Å². The zero-order valence-corrected chi connectivity index (χ0v) is 11.6. The molecule has 0 radical (unpaired) electrons. The molecule has 1 unspecified atom stereocenters. The van der Waals surface area contributed by atoms with Crippen LogP contribution < -0.4 is 4.74 Å². The molecular weight excluding hydrogens is 238 g/mol. The summed E-state index contributed by atoms with van der Waals surface area (Å²) in [6.45, 7) is 2.94. The van der Waals surface area contributed by atoms with E-state index >= 15 is 0 Å². The number of benzene rings is 1. The topological polar surface area (TPSA) is 38.2 Å². The zero-order valence-electron chi connectivity index (χ0n) is 11.6. The Labute approximate surface area is 114 Å². The highest BCUT2D eigenvalue weighted by atomic mass is 16.5. The third kappa shape index (κ3) is 3.51. The van der Waals surface area contributed by atoms with Crippen molar-refractivity contribution < 1.29 is 4.74 Å². The molecule has 0 aliphatic rings. The lowest BCUT2D eigenvalue weighted by Gasteiger charge is -2.24. The molecule has 1 aromatic heterocycles. The summed E-state index contributed by atoms with van der Waals surface area (Å²) in [6, 6.07) is 8.44. The molecule has 2 rings (SSSR count). The Morgan fingerprint density at radius 3 is 2.84 bits per heavy atom. The van der Waals surface area contributed by atoms with Crippen LogP contribution in [0.2, 0.25) is 0 Å². The maximum absolute atomic E-state index is 5.26. The first-order valence-electron chi connectivity index (χ1n) is 6.30. The van der Waals surface area contributed by atoms with Crippen LogP contribution in [0.5, 0.6) is 5.75 Å². The first kappa shape index (κ1) is 13.5. The van der Waals surface area contributed by atoms with E-state index in [-0.39, 0.29) is 6.04 Å². The molecule has 0 spiro atoms. The average Bonchev–Trinajstić information content (AvgIpc) is 2.47. The van der Waals surface area contributed by atoms with Crippen LogP contribution in [0.4, 0.5) is 0 Å². The van der Waals surface area contributed by atoms with Crippen molar-refractivity contribution >= 4 is 0 Å². The first-order valence-corrected chi connectivity index (χ1v) is 6.30. The van der Waals surface area contributed by atoms with Gasteiger partial charge in [-0.1, -0.05) is 12.1 Å². The van der Waals surface area contributed by atoms with Crippen molar-refractivity contribution in [3.05, 3.63) is 54.1 Å². The minimum atomic E-state index is 0.289. The van der Waals surface area contributed by atoms with Crippen molar-refractivity contribution in [3.63, 3.8) is 0 Å². The number of nitrogens with zero attached hydrogens (tertiary/aromatic N) is 3. The van der Waals surface area contributed by atoms with E-state index in [0.29, 0.717) is 0 Å². The number of aromatic nitrogens is 2. The Hall–Kier alpha value is -1.94. The van der Waals surface area contributed by atoms with Gasteiger partial charge in [0.15, 0.2) is 0 Å². The maximum Gasteiger partial charge on any atom is 0.119 e. The summed E-state index contributed by atoms with van der Waals surface area (Å²) in [7, 11) is 3.77. The van der Waals surface area contributed by atoms with E-state index in [0.717, 1.165) is 18.0 Å². The summed E-state index contributed by atoms with van der Waals surface area (Å²) in [5.41, 5.74) is 2.20. The number of ether oxygens (including phenoxy) is 1. The Morgan fingerprint density at radius 2 is 2.16 bits per heavy atom. The van der Waals surface area contributed by atoms with Gasteiger partial charge in [0.05, 0.1) is 12.8 Å². The molecule has 0 fully saturated rings. The maximum atomic E-state index is 5.26. The molecule has 0 saturated carbocycles. The monoisotopic (exact) mass is 257 g/mol. The Morgan fingerprint density at radius 1 is 1.32 bits per heavy atom. The molecule has 4 nitrogen and oxygen atoms in total. The summed E-state index contributed by atoms with van der Waals surface area (Å²) in [5.74, 6) is 0.886. The van der Waals surface area contributed by atoms with Crippen molar-refractivity contribution in [1.82, 2.24) is 14.9 Å². The van der Waals surface area contributed by atoms with E-state index in [1.807, 2.05) is 12.1 Å². The predicted octanol–water partition coefficient (Wildman–Crippen LogP) is 2.68. The van der Waals surface area contributed by atoms with Gasteiger partial charge in [0, 0.05) is 31.2 Å². The van der Waals surface area contributed by atoms with Crippen molar-refractivity contribution in [3.8, 4) is 5.75 Å². The van der Waals surface area contributed by atoms with Crippen LogP contribution >= 0.6 is 0 Å². The van der Waals surface area contributed by atoms with Crippen LogP contribution in [-0.2, 0) is 6.54 Å². The number of hydrogen-bond donors (Lipinski definition) is 0. The largest absolute Gasteiger partial charge is 0.497 e. The van der Waals surface area contributed by atoms with Crippen LogP contribution in [0.15, 0.2) is 42.9 Å². The minimum Gasteiger partial charge on any atom is -0.497 e. The molecule has 0 aliphatic heterocycles. The van der Waals surface area contributed by atoms with Crippen molar-refractivity contribution in [2.24, 2.45) is 0 Å². The van der Waals surface area contributed by atoms with Gasteiger partial charge in [-0.3, -0.25) is 14.9 Å². The highest BCUT2D eigenvalue weighted by Crippen LogP contribution is 2.23. The van der Waals surface area contributed by atoms with E-state index in [4.69, 9.17) is 4.74 Å². The Balaban J connectivity index is 2.08. The SMILES string of the molecule is COc1cccc(C(C)N(C)Cc2cnccn2)c1. The van der Waals surface area contributed by atoms with Gasteiger partial charge in [0.2, 0.25) is 0 Å². The number of hydrogen-bond acceptors (Lipinski definition) is 4. The van der Waals surface area contributed by atoms with Crippen LogP contribution in [0.3, 0.4) is 0 Å². The second kappa shape index (κ2) is 6.29. The van der Waals surface area contributed by atoms with Crippen LogP contribution in [0, 0.1) is 0 Å². The molecule has 0 bridgehead atoms. The van der Waals surface area contributed by atoms with E-state index < -0.39 is 0 Å². The van der Waals surface area contributed by atoms with Crippen molar-refractivity contribution in [1.29, 1.82) is 0 Å². The quantitative estimate of drug-likeness (QED) is 0.825. The van der Waals surface area contributed by atoms with Gasteiger partial charge in [-0.15, -0.1) is 0 Å². The lowest BCUT2D eigenvalue weighted by Crippen LogP contribution is -2.22. The smallest absolute Gasteiger partial charge is 0.119 e. The van der Waals surface area contributed by atoms with Crippen LogP contribution in [-0.4, -0.2) is 29.0 Å². The molecule has 0 N–H and O–H groups in total. The van der Waals surface area contributed by atoms with Gasteiger partial charge in [-0.05, 0) is 31.7 Å². The fourth-order valence-electron chi connectivity index (χ4n) is 1.96. The molecule has 100 valence electrons. The summed E-state index contributed by atoms with van der Waals surface area (Å²) < 4.78 is 5.26. The van der Waals surface area contributed by atoms with Crippen LogP contribution in [0.25, 0.3) is 0 Å². The van der Waals surface area contributed by atoms with Gasteiger partial charge in [-0.2, -0.15) is 0 Å². The summed E-state index contributed by atoms with van der Waals surface area (Å²) >= 11 is 0. The second-order valence-corrected chi connectivity index (χ2v) is 4.56. The fourth-order valence-corrected chi connectivity index (χ4v) is 1.96. The first-order chi connectivity index (χ1) is 9.20. The molecule has 1 aromatic carbocycles. The van der Waals surface area contributed by atoms with E-state index in [1.54, 1.807) is 25.7 Å². The molecule has 0 aliphatic carbocycles. The predicted molar refractivity (Wildman–Crippen MR) is 74.9 cm³/mol. The lowest BCUT2D eigenvalue weighted by molar-refractivity contribution is 0.249. The third-order valence-corrected chi connectivity index (χ3v) is 3.27. The lowest BCUT2D eigenvalue weighted by atomic mass is 10.1. The van der Waals surface area contributed by atoms with Gasteiger partial charge in [-0.25, -0.2) is 0 Å². The summed E-state index contributed by atoms with van der Waals surface area (Å²) in [5, 5.41) is 0. The summed E-state index contributed by atoms with van der Waals surface area (Å²) in [6.07, 6.45) is 5.21. The highest BCUT2D eigenvalue weighted by molar-refractivity contribution is 5.30.